The molecule has 1 aliphatic rings. The number of nitrogens with one attached hydrogen (secondary N) is 1. The van der Waals surface area contributed by atoms with Crippen molar-refractivity contribution in [3.63, 3.8) is 0 Å². The SMILES string of the molecule is CC1C(=N)c2ccccc2C1=C(C#N)C#N. The molecular weight excluding hydrogens is 198 g/mol. The molecule has 0 radical (unpaired) electrons. The van der Waals surface area contributed by atoms with Gasteiger partial charge in [0.25, 0.3) is 0 Å². The van der Waals surface area contributed by atoms with Crippen LogP contribution < -0.4 is 0 Å². The summed E-state index contributed by atoms with van der Waals surface area (Å²) in [5.74, 6) is -0.174. The van der Waals surface area contributed by atoms with Gasteiger partial charge in [-0.2, -0.15) is 10.5 Å². The summed E-state index contributed by atoms with van der Waals surface area (Å²) in [6, 6.07) is 11.2. The average Bonchev–Trinajstić information content (AvgIpc) is 2.57. The molecular formula is C13H9N3. The molecule has 2 rings (SSSR count). The summed E-state index contributed by atoms with van der Waals surface area (Å²) >= 11 is 0. The van der Waals surface area contributed by atoms with Gasteiger partial charge in [0.05, 0.1) is 0 Å². The van der Waals surface area contributed by atoms with E-state index in [0.29, 0.717) is 11.3 Å². The van der Waals surface area contributed by atoms with Crippen molar-refractivity contribution < 1.29 is 0 Å². The van der Waals surface area contributed by atoms with Crippen LogP contribution in [0, 0.1) is 34.0 Å². The highest BCUT2D eigenvalue weighted by Crippen LogP contribution is 2.38. The number of nitrogens with zero attached hydrogens (tertiary/aromatic N) is 2. The molecule has 3 nitrogen and oxygen atoms in total. The second kappa shape index (κ2) is 3.64. The van der Waals surface area contributed by atoms with E-state index in [1.807, 2.05) is 43.3 Å². The van der Waals surface area contributed by atoms with Gasteiger partial charge in [-0.05, 0) is 11.1 Å². The van der Waals surface area contributed by atoms with Crippen molar-refractivity contribution in [2.75, 3.05) is 0 Å². The molecule has 1 aromatic carbocycles. The Kier molecular flexibility index (Phi) is 2.31. The van der Waals surface area contributed by atoms with Gasteiger partial charge in [0, 0.05) is 17.2 Å². The van der Waals surface area contributed by atoms with E-state index in [1.54, 1.807) is 0 Å². The number of hydrogen-bond acceptors (Lipinski definition) is 3. The summed E-state index contributed by atoms with van der Waals surface area (Å²) in [6.07, 6.45) is 0. The molecule has 1 atom stereocenters. The molecule has 0 aliphatic heterocycles. The monoisotopic (exact) mass is 207 g/mol. The van der Waals surface area contributed by atoms with Gasteiger partial charge in [-0.15, -0.1) is 0 Å². The van der Waals surface area contributed by atoms with Crippen LogP contribution in [0.4, 0.5) is 0 Å². The minimum absolute atomic E-state index is 0.113. The number of benzene rings is 1. The zero-order chi connectivity index (χ0) is 11.7. The Bertz CT molecular complexity index is 566. The molecule has 0 spiro atoms. The van der Waals surface area contributed by atoms with E-state index in [1.165, 1.54) is 0 Å². The molecule has 0 saturated heterocycles. The van der Waals surface area contributed by atoms with Crippen LogP contribution in [0.1, 0.15) is 18.1 Å². The standard InChI is InChI=1S/C13H9N3/c1-8-12(9(6-14)7-15)10-4-2-3-5-11(10)13(8)16/h2-5,8,16H,1H3. The first-order valence-corrected chi connectivity index (χ1v) is 4.93. The Morgan fingerprint density at radius 3 is 2.31 bits per heavy atom. The summed E-state index contributed by atoms with van der Waals surface area (Å²) in [6.45, 7) is 1.85. The van der Waals surface area contributed by atoms with Crippen LogP contribution in [0.3, 0.4) is 0 Å². The molecule has 3 heteroatoms. The highest BCUT2D eigenvalue weighted by Gasteiger charge is 2.30. The topological polar surface area (TPSA) is 71.4 Å². The van der Waals surface area contributed by atoms with Gasteiger partial charge in [-0.1, -0.05) is 31.2 Å². The lowest BCUT2D eigenvalue weighted by atomic mass is 9.96. The summed E-state index contributed by atoms with van der Waals surface area (Å²) < 4.78 is 0. The number of allylic oxidation sites excluding steroid dienone is 2. The molecule has 0 aromatic heterocycles. The first kappa shape index (κ1) is 10.1. The van der Waals surface area contributed by atoms with E-state index in [9.17, 15) is 0 Å². The summed E-state index contributed by atoms with van der Waals surface area (Å²) in [5.41, 5.74) is 2.95. The fourth-order valence-corrected chi connectivity index (χ4v) is 2.06. The van der Waals surface area contributed by atoms with E-state index in [2.05, 4.69) is 0 Å². The van der Waals surface area contributed by atoms with Crippen LogP contribution in [-0.4, -0.2) is 5.71 Å². The van der Waals surface area contributed by atoms with E-state index in [-0.39, 0.29) is 11.5 Å². The van der Waals surface area contributed by atoms with Gasteiger partial charge in [-0.25, -0.2) is 0 Å². The highest BCUT2D eigenvalue weighted by atomic mass is 14.5. The summed E-state index contributed by atoms with van der Waals surface area (Å²) in [7, 11) is 0. The third-order valence-corrected chi connectivity index (χ3v) is 2.87. The van der Waals surface area contributed by atoms with E-state index >= 15 is 0 Å². The van der Waals surface area contributed by atoms with Gasteiger partial charge in [0.15, 0.2) is 0 Å². The van der Waals surface area contributed by atoms with Gasteiger partial charge in [0.2, 0.25) is 0 Å². The predicted octanol–water partition coefficient (Wildman–Crippen LogP) is 2.50. The number of rotatable bonds is 0. The van der Waals surface area contributed by atoms with Crippen LogP contribution in [-0.2, 0) is 0 Å². The Morgan fingerprint density at radius 1 is 1.19 bits per heavy atom. The van der Waals surface area contributed by atoms with Crippen molar-refractivity contribution in [2.24, 2.45) is 5.92 Å². The molecule has 1 aliphatic carbocycles. The molecule has 1 N–H and O–H groups in total. The van der Waals surface area contributed by atoms with Crippen molar-refractivity contribution in [2.45, 2.75) is 6.92 Å². The molecule has 1 unspecified atom stereocenters. The van der Waals surface area contributed by atoms with Crippen LogP contribution in [0.2, 0.25) is 0 Å². The van der Waals surface area contributed by atoms with Gasteiger partial charge in [-0.3, -0.25) is 0 Å². The average molecular weight is 207 g/mol. The van der Waals surface area contributed by atoms with Crippen LogP contribution in [0.15, 0.2) is 29.8 Å². The third kappa shape index (κ3) is 1.23. The van der Waals surface area contributed by atoms with Crippen molar-refractivity contribution in [3.8, 4) is 12.1 Å². The molecule has 76 valence electrons. The minimum atomic E-state index is -0.174. The summed E-state index contributed by atoms with van der Waals surface area (Å²) in [5, 5.41) is 25.8. The smallest absolute Gasteiger partial charge is 0.134 e. The lowest BCUT2D eigenvalue weighted by Crippen LogP contribution is -2.03. The van der Waals surface area contributed by atoms with Gasteiger partial charge >= 0.3 is 0 Å². The van der Waals surface area contributed by atoms with Gasteiger partial charge < -0.3 is 5.41 Å². The fraction of sp³-hybridized carbons (Fsp3) is 0.154. The first-order chi connectivity index (χ1) is 7.70. The summed E-state index contributed by atoms with van der Waals surface area (Å²) in [4.78, 5) is 0. The maximum atomic E-state index is 8.92. The minimum Gasteiger partial charge on any atom is -0.304 e. The number of hydrogen-bond donors (Lipinski definition) is 1. The number of fused-ring (bicyclic) bond motifs is 1. The second-order valence-corrected chi connectivity index (χ2v) is 3.69. The highest BCUT2D eigenvalue weighted by molar-refractivity contribution is 6.16. The Morgan fingerprint density at radius 2 is 1.75 bits per heavy atom. The van der Waals surface area contributed by atoms with Crippen LogP contribution >= 0.6 is 0 Å². The lowest BCUT2D eigenvalue weighted by molar-refractivity contribution is 1.03. The maximum absolute atomic E-state index is 8.92. The zero-order valence-corrected chi connectivity index (χ0v) is 8.78. The first-order valence-electron chi connectivity index (χ1n) is 4.93. The molecule has 0 saturated carbocycles. The fourth-order valence-electron chi connectivity index (χ4n) is 2.06. The van der Waals surface area contributed by atoms with Crippen molar-refractivity contribution in [1.29, 1.82) is 15.9 Å². The lowest BCUT2D eigenvalue weighted by Gasteiger charge is -2.04. The normalized spacial score (nSPS) is 17.6. The zero-order valence-electron chi connectivity index (χ0n) is 8.78. The Hall–Kier alpha value is -2.39. The quantitative estimate of drug-likeness (QED) is 0.664. The van der Waals surface area contributed by atoms with E-state index < -0.39 is 0 Å². The van der Waals surface area contributed by atoms with Crippen LogP contribution in [0.25, 0.3) is 5.57 Å². The van der Waals surface area contributed by atoms with Gasteiger partial charge in [0.1, 0.15) is 17.7 Å². The van der Waals surface area contributed by atoms with E-state index in [4.69, 9.17) is 15.9 Å². The van der Waals surface area contributed by atoms with Crippen molar-refractivity contribution >= 4 is 11.3 Å². The maximum Gasteiger partial charge on any atom is 0.134 e. The largest absolute Gasteiger partial charge is 0.304 e. The molecule has 1 aromatic rings. The molecule has 0 fully saturated rings. The van der Waals surface area contributed by atoms with Crippen LogP contribution in [0.5, 0.6) is 0 Å². The molecule has 16 heavy (non-hydrogen) atoms. The van der Waals surface area contributed by atoms with E-state index in [0.717, 1.165) is 11.1 Å². The third-order valence-electron chi connectivity index (χ3n) is 2.87. The van der Waals surface area contributed by atoms with Crippen molar-refractivity contribution in [3.05, 3.63) is 41.0 Å². The molecule has 0 heterocycles. The van der Waals surface area contributed by atoms with Crippen molar-refractivity contribution in [1.82, 2.24) is 0 Å². The molecule has 0 amide bonds. The predicted molar refractivity (Wildman–Crippen MR) is 60.6 cm³/mol. The molecule has 0 bridgehead atoms. The Labute approximate surface area is 93.8 Å². The number of nitriles is 2. The Balaban J connectivity index is 2.78. The second-order valence-electron chi connectivity index (χ2n) is 3.69.